The molecule has 4 atom stereocenters. The molecule has 198 valence electrons. The number of rotatable bonds is 8. The number of anilines is 1. The second kappa shape index (κ2) is 11.8. The standard InChI is InChI=1S/C27H40N4O5/c32-17-24-26-22(15-20(35-24)16-25(33)28-10-13-31-11-4-1-5-12-31)21-14-19(8-9-23(21)36-26)30-27(34)29-18-6-2-3-7-18/h8-9,14,18,20,22,24,26,32H,1-7,10-13,15-17H2,(H,28,33)(H2,29,30,34)/t20-,22+,24+,26-/m1/s1. The Morgan fingerprint density at radius 1 is 1.08 bits per heavy atom. The number of piperidine rings is 1. The van der Waals surface area contributed by atoms with Crippen LogP contribution in [0.4, 0.5) is 10.5 Å². The largest absolute Gasteiger partial charge is 0.487 e. The Hall–Kier alpha value is -2.36. The van der Waals surface area contributed by atoms with Crippen LogP contribution in [0.15, 0.2) is 18.2 Å². The minimum Gasteiger partial charge on any atom is -0.487 e. The summed E-state index contributed by atoms with van der Waals surface area (Å²) in [5.74, 6) is 0.724. The van der Waals surface area contributed by atoms with Crippen molar-refractivity contribution in [1.82, 2.24) is 15.5 Å². The van der Waals surface area contributed by atoms with Gasteiger partial charge in [-0.15, -0.1) is 0 Å². The van der Waals surface area contributed by atoms with Gasteiger partial charge in [0.05, 0.1) is 19.1 Å². The number of carbonyl (C=O) groups is 2. The highest BCUT2D eigenvalue weighted by molar-refractivity contribution is 5.89. The monoisotopic (exact) mass is 500 g/mol. The number of urea groups is 1. The van der Waals surface area contributed by atoms with Gasteiger partial charge in [0.2, 0.25) is 5.91 Å². The molecule has 3 fully saturated rings. The van der Waals surface area contributed by atoms with Crippen molar-refractivity contribution in [2.45, 2.75) is 88.1 Å². The molecular weight excluding hydrogens is 460 g/mol. The molecule has 3 amide bonds. The van der Waals surface area contributed by atoms with Crippen molar-refractivity contribution in [3.05, 3.63) is 23.8 Å². The molecule has 9 nitrogen and oxygen atoms in total. The minimum atomic E-state index is -0.496. The van der Waals surface area contributed by atoms with Crippen molar-refractivity contribution in [1.29, 1.82) is 0 Å². The fourth-order valence-corrected chi connectivity index (χ4v) is 6.21. The van der Waals surface area contributed by atoms with E-state index in [1.54, 1.807) is 0 Å². The molecule has 1 aromatic rings. The third-order valence-corrected chi connectivity index (χ3v) is 8.06. The van der Waals surface area contributed by atoms with E-state index >= 15 is 0 Å². The summed E-state index contributed by atoms with van der Waals surface area (Å²) in [6.45, 7) is 3.58. The maximum Gasteiger partial charge on any atom is 0.319 e. The van der Waals surface area contributed by atoms with Crippen LogP contribution >= 0.6 is 0 Å². The second-order valence-electron chi connectivity index (χ2n) is 10.7. The molecule has 36 heavy (non-hydrogen) atoms. The maximum atomic E-state index is 12.6. The summed E-state index contributed by atoms with van der Waals surface area (Å²) < 4.78 is 12.2. The van der Waals surface area contributed by atoms with Crippen molar-refractivity contribution in [3.8, 4) is 5.75 Å². The van der Waals surface area contributed by atoms with Gasteiger partial charge in [-0.1, -0.05) is 19.3 Å². The lowest BCUT2D eigenvalue weighted by Crippen LogP contribution is -2.47. The Labute approximate surface area is 213 Å². The number of amides is 3. The number of hydrogen-bond acceptors (Lipinski definition) is 6. The first-order chi connectivity index (χ1) is 17.6. The third kappa shape index (κ3) is 6.12. The first-order valence-electron chi connectivity index (χ1n) is 13.7. The van der Waals surface area contributed by atoms with Crippen LogP contribution in [0.3, 0.4) is 0 Å². The molecular formula is C27H40N4O5. The molecule has 4 N–H and O–H groups in total. The van der Waals surface area contributed by atoms with E-state index in [1.165, 1.54) is 19.3 Å². The molecule has 3 aliphatic heterocycles. The number of hydrogen-bond donors (Lipinski definition) is 4. The molecule has 4 aliphatic rings. The Kier molecular flexibility index (Phi) is 8.29. The lowest BCUT2D eigenvalue weighted by atomic mass is 9.84. The van der Waals surface area contributed by atoms with Gasteiger partial charge in [-0.05, 0) is 63.4 Å². The first kappa shape index (κ1) is 25.3. The van der Waals surface area contributed by atoms with Crippen LogP contribution < -0.4 is 20.7 Å². The van der Waals surface area contributed by atoms with Crippen molar-refractivity contribution >= 4 is 17.6 Å². The van der Waals surface area contributed by atoms with E-state index in [-0.39, 0.29) is 49.1 Å². The van der Waals surface area contributed by atoms with E-state index < -0.39 is 6.10 Å². The van der Waals surface area contributed by atoms with Gasteiger partial charge >= 0.3 is 6.03 Å². The molecule has 5 rings (SSSR count). The molecule has 1 aromatic carbocycles. The van der Waals surface area contributed by atoms with Gasteiger partial charge in [0.25, 0.3) is 0 Å². The van der Waals surface area contributed by atoms with E-state index in [4.69, 9.17) is 9.47 Å². The lowest BCUT2D eigenvalue weighted by Gasteiger charge is -2.37. The van der Waals surface area contributed by atoms with Gasteiger partial charge < -0.3 is 35.4 Å². The SMILES string of the molecule is O=C(C[C@H]1C[C@H]2c3cc(NC(=O)NC4CCCC4)ccc3O[C@H]2[C@H](CO)O1)NCCN1CCCCC1. The van der Waals surface area contributed by atoms with Crippen LogP contribution in [0.2, 0.25) is 0 Å². The van der Waals surface area contributed by atoms with E-state index in [0.29, 0.717) is 18.7 Å². The summed E-state index contributed by atoms with van der Waals surface area (Å²) in [7, 11) is 0. The highest BCUT2D eigenvalue weighted by Crippen LogP contribution is 2.47. The summed E-state index contributed by atoms with van der Waals surface area (Å²) in [4.78, 5) is 27.5. The molecule has 0 spiro atoms. The molecule has 1 aliphatic carbocycles. The quantitative estimate of drug-likeness (QED) is 0.437. The van der Waals surface area contributed by atoms with Gasteiger partial charge in [-0.2, -0.15) is 0 Å². The van der Waals surface area contributed by atoms with Crippen LogP contribution in [0, 0.1) is 0 Å². The molecule has 0 unspecified atom stereocenters. The highest BCUT2D eigenvalue weighted by Gasteiger charge is 2.46. The average molecular weight is 501 g/mol. The lowest BCUT2D eigenvalue weighted by molar-refractivity contribution is -0.142. The number of nitrogens with zero attached hydrogens (tertiary/aromatic N) is 1. The Morgan fingerprint density at radius 2 is 1.89 bits per heavy atom. The van der Waals surface area contributed by atoms with Crippen molar-refractivity contribution < 1.29 is 24.2 Å². The fraction of sp³-hybridized carbons (Fsp3) is 0.704. The number of aliphatic hydroxyl groups excluding tert-OH is 1. The zero-order valence-electron chi connectivity index (χ0n) is 21.0. The smallest absolute Gasteiger partial charge is 0.319 e. The summed E-state index contributed by atoms with van der Waals surface area (Å²) in [5.41, 5.74) is 1.71. The molecule has 0 bridgehead atoms. The second-order valence-corrected chi connectivity index (χ2v) is 10.7. The number of likely N-dealkylation sites (tertiary alicyclic amines) is 1. The molecule has 2 saturated heterocycles. The van der Waals surface area contributed by atoms with Crippen molar-refractivity contribution in [2.75, 3.05) is 38.1 Å². The van der Waals surface area contributed by atoms with E-state index in [9.17, 15) is 14.7 Å². The molecule has 9 heteroatoms. The van der Waals surface area contributed by atoms with Crippen molar-refractivity contribution in [3.63, 3.8) is 0 Å². The maximum absolute atomic E-state index is 12.6. The highest BCUT2D eigenvalue weighted by atomic mass is 16.6. The first-order valence-corrected chi connectivity index (χ1v) is 13.7. The summed E-state index contributed by atoms with van der Waals surface area (Å²) in [6, 6.07) is 5.74. The molecule has 0 radical (unpaired) electrons. The Bertz CT molecular complexity index is 915. The predicted molar refractivity (Wildman–Crippen MR) is 136 cm³/mol. The Balaban J connectivity index is 1.17. The van der Waals surface area contributed by atoms with Crippen LogP contribution in [-0.4, -0.2) is 79.1 Å². The molecule has 1 saturated carbocycles. The summed E-state index contributed by atoms with van der Waals surface area (Å²) >= 11 is 0. The normalized spacial score (nSPS) is 28.1. The van der Waals surface area contributed by atoms with Gasteiger partial charge in [0, 0.05) is 36.3 Å². The van der Waals surface area contributed by atoms with E-state index in [0.717, 1.165) is 56.6 Å². The summed E-state index contributed by atoms with van der Waals surface area (Å²) in [5, 5.41) is 19.0. The van der Waals surface area contributed by atoms with E-state index in [2.05, 4.69) is 20.9 Å². The van der Waals surface area contributed by atoms with Crippen LogP contribution in [0.5, 0.6) is 5.75 Å². The van der Waals surface area contributed by atoms with Crippen molar-refractivity contribution in [2.24, 2.45) is 0 Å². The fourth-order valence-electron chi connectivity index (χ4n) is 6.21. The van der Waals surface area contributed by atoms with Gasteiger partial charge in [0.15, 0.2) is 0 Å². The van der Waals surface area contributed by atoms with Gasteiger partial charge in [-0.3, -0.25) is 4.79 Å². The zero-order valence-corrected chi connectivity index (χ0v) is 21.0. The van der Waals surface area contributed by atoms with Gasteiger partial charge in [0.1, 0.15) is 18.0 Å². The zero-order chi connectivity index (χ0) is 24.9. The molecule has 0 aromatic heterocycles. The number of carbonyl (C=O) groups excluding carboxylic acids is 2. The van der Waals surface area contributed by atoms with Crippen LogP contribution in [0.1, 0.15) is 69.3 Å². The van der Waals surface area contributed by atoms with E-state index in [1.807, 2.05) is 18.2 Å². The summed E-state index contributed by atoms with van der Waals surface area (Å²) in [6.07, 6.45) is 7.96. The molecule has 3 heterocycles. The number of aliphatic hydroxyl groups is 1. The Morgan fingerprint density at radius 3 is 2.67 bits per heavy atom. The number of nitrogens with one attached hydrogen (secondary N) is 3. The minimum absolute atomic E-state index is 0.00306. The predicted octanol–water partition coefficient (Wildman–Crippen LogP) is 2.74. The van der Waals surface area contributed by atoms with Crippen LogP contribution in [0.25, 0.3) is 0 Å². The number of benzene rings is 1. The number of ether oxygens (including phenoxy) is 2. The third-order valence-electron chi connectivity index (χ3n) is 8.06. The topological polar surface area (TPSA) is 112 Å². The number of fused-ring (bicyclic) bond motifs is 3. The van der Waals surface area contributed by atoms with Gasteiger partial charge in [-0.25, -0.2) is 4.79 Å². The van der Waals surface area contributed by atoms with Crippen LogP contribution in [-0.2, 0) is 9.53 Å². The average Bonchev–Trinajstić information content (AvgIpc) is 3.52.